The highest BCUT2D eigenvalue weighted by Gasteiger charge is 2.16. The van der Waals surface area contributed by atoms with Crippen molar-refractivity contribution in [3.8, 4) is 11.3 Å². The molecule has 0 saturated heterocycles. The average molecular weight is 312 g/mol. The maximum absolute atomic E-state index is 13.5. The van der Waals surface area contributed by atoms with Crippen molar-refractivity contribution in [3.05, 3.63) is 59.2 Å². The predicted octanol–water partition coefficient (Wildman–Crippen LogP) is 3.77. The van der Waals surface area contributed by atoms with Gasteiger partial charge >= 0.3 is 5.97 Å². The number of halogens is 1. The smallest absolute Gasteiger partial charge is 0.303 e. The summed E-state index contributed by atoms with van der Waals surface area (Å²) < 4.78 is 15.4. The first kappa shape index (κ1) is 15.2. The number of carboxylic acid groups (broad SMARTS) is 1. The standard InChI is InChI=1S/C18H17FN2O2/c1-11-3-7-16-20-18(13-4-5-14(19)12(2)9-13)15(21(16)10-11)6-8-17(22)23/h3-5,7,9-10H,6,8H2,1-2H3,(H,22,23). The van der Waals surface area contributed by atoms with Crippen molar-refractivity contribution in [1.82, 2.24) is 9.38 Å². The summed E-state index contributed by atoms with van der Waals surface area (Å²) in [5, 5.41) is 9.00. The van der Waals surface area contributed by atoms with E-state index in [9.17, 15) is 9.18 Å². The van der Waals surface area contributed by atoms with E-state index in [1.807, 2.05) is 29.7 Å². The first-order valence-electron chi connectivity index (χ1n) is 7.41. The van der Waals surface area contributed by atoms with Crippen molar-refractivity contribution in [2.24, 2.45) is 0 Å². The lowest BCUT2D eigenvalue weighted by atomic mass is 10.0. The van der Waals surface area contributed by atoms with Gasteiger partial charge in [-0.05, 0) is 49.2 Å². The number of rotatable bonds is 4. The summed E-state index contributed by atoms with van der Waals surface area (Å²) in [5.74, 6) is -1.12. The van der Waals surface area contributed by atoms with Crippen molar-refractivity contribution in [3.63, 3.8) is 0 Å². The number of carbonyl (C=O) groups is 1. The highest BCUT2D eigenvalue weighted by atomic mass is 19.1. The molecule has 0 unspecified atom stereocenters. The third-order valence-corrected chi connectivity index (χ3v) is 3.87. The van der Waals surface area contributed by atoms with Crippen LogP contribution in [0.2, 0.25) is 0 Å². The number of fused-ring (bicyclic) bond motifs is 1. The van der Waals surface area contributed by atoms with Gasteiger partial charge in [0, 0.05) is 18.2 Å². The Morgan fingerprint density at radius 2 is 2.04 bits per heavy atom. The number of aromatic nitrogens is 2. The molecule has 23 heavy (non-hydrogen) atoms. The van der Waals surface area contributed by atoms with Crippen molar-refractivity contribution < 1.29 is 14.3 Å². The zero-order valence-corrected chi connectivity index (χ0v) is 13.0. The topological polar surface area (TPSA) is 54.6 Å². The molecule has 3 aromatic rings. The molecule has 0 saturated carbocycles. The third kappa shape index (κ3) is 2.95. The van der Waals surface area contributed by atoms with Crippen molar-refractivity contribution in [2.45, 2.75) is 26.7 Å². The average Bonchev–Trinajstić information content (AvgIpc) is 2.85. The number of nitrogens with zero attached hydrogens (tertiary/aromatic N) is 2. The van der Waals surface area contributed by atoms with Crippen molar-refractivity contribution in [1.29, 1.82) is 0 Å². The van der Waals surface area contributed by atoms with Gasteiger partial charge in [-0.3, -0.25) is 4.79 Å². The largest absolute Gasteiger partial charge is 0.481 e. The molecule has 0 aliphatic carbocycles. The van der Waals surface area contributed by atoms with E-state index in [4.69, 9.17) is 5.11 Å². The minimum absolute atomic E-state index is 0.0227. The number of hydrogen-bond donors (Lipinski definition) is 1. The van der Waals surface area contributed by atoms with E-state index in [1.54, 1.807) is 19.1 Å². The van der Waals surface area contributed by atoms with E-state index in [1.165, 1.54) is 6.07 Å². The molecule has 4 nitrogen and oxygen atoms in total. The molecule has 0 aliphatic rings. The Morgan fingerprint density at radius 1 is 1.26 bits per heavy atom. The number of hydrogen-bond acceptors (Lipinski definition) is 2. The lowest BCUT2D eigenvalue weighted by Crippen LogP contribution is -2.02. The quantitative estimate of drug-likeness (QED) is 0.798. The Kier molecular flexibility index (Phi) is 3.86. The fourth-order valence-corrected chi connectivity index (χ4v) is 2.69. The van der Waals surface area contributed by atoms with Gasteiger partial charge in [0.2, 0.25) is 0 Å². The molecule has 118 valence electrons. The molecule has 0 amide bonds. The van der Waals surface area contributed by atoms with Gasteiger partial charge in [-0.15, -0.1) is 0 Å². The lowest BCUT2D eigenvalue weighted by molar-refractivity contribution is -0.136. The number of carboxylic acids is 1. The second-order valence-corrected chi connectivity index (χ2v) is 5.70. The summed E-state index contributed by atoms with van der Waals surface area (Å²) in [4.78, 5) is 15.6. The second kappa shape index (κ2) is 5.83. The Morgan fingerprint density at radius 3 is 2.74 bits per heavy atom. The normalized spacial score (nSPS) is 11.1. The van der Waals surface area contributed by atoms with Crippen LogP contribution in [0.15, 0.2) is 36.5 Å². The summed E-state index contributed by atoms with van der Waals surface area (Å²) in [5.41, 5.74) is 4.70. The predicted molar refractivity (Wildman–Crippen MR) is 86.0 cm³/mol. The SMILES string of the molecule is Cc1ccc2nc(-c3ccc(F)c(C)c3)c(CCC(=O)O)n2c1. The molecule has 2 aromatic heterocycles. The molecule has 1 aromatic carbocycles. The van der Waals surface area contributed by atoms with Crippen molar-refractivity contribution in [2.75, 3.05) is 0 Å². The lowest BCUT2D eigenvalue weighted by Gasteiger charge is -2.06. The van der Waals surface area contributed by atoms with E-state index in [0.29, 0.717) is 17.7 Å². The van der Waals surface area contributed by atoms with Gasteiger partial charge in [-0.2, -0.15) is 0 Å². The van der Waals surface area contributed by atoms with Gasteiger partial charge in [0.25, 0.3) is 0 Å². The first-order chi connectivity index (χ1) is 11.0. The Balaban J connectivity index is 2.19. The molecular formula is C18H17FN2O2. The second-order valence-electron chi connectivity index (χ2n) is 5.70. The van der Waals surface area contributed by atoms with Crippen LogP contribution in [0.25, 0.3) is 16.9 Å². The van der Waals surface area contributed by atoms with Crippen LogP contribution in [0.3, 0.4) is 0 Å². The minimum atomic E-state index is -0.853. The number of aliphatic carboxylic acids is 1. The fourth-order valence-electron chi connectivity index (χ4n) is 2.69. The third-order valence-electron chi connectivity index (χ3n) is 3.87. The monoisotopic (exact) mass is 312 g/mol. The molecule has 1 N–H and O–H groups in total. The molecule has 5 heteroatoms. The minimum Gasteiger partial charge on any atom is -0.481 e. The highest BCUT2D eigenvalue weighted by Crippen LogP contribution is 2.27. The zero-order chi connectivity index (χ0) is 16.6. The van der Waals surface area contributed by atoms with Crippen LogP contribution in [0.1, 0.15) is 23.2 Å². The molecule has 0 aliphatic heterocycles. The van der Waals surface area contributed by atoms with Gasteiger partial charge in [-0.1, -0.05) is 6.07 Å². The molecule has 0 fully saturated rings. The molecule has 0 radical (unpaired) electrons. The van der Waals surface area contributed by atoms with Gasteiger partial charge in [0.15, 0.2) is 0 Å². The zero-order valence-electron chi connectivity index (χ0n) is 13.0. The van der Waals surface area contributed by atoms with Gasteiger partial charge < -0.3 is 9.51 Å². The molecular weight excluding hydrogens is 295 g/mol. The Labute approximate surface area is 133 Å². The van der Waals surface area contributed by atoms with Crippen LogP contribution in [-0.4, -0.2) is 20.5 Å². The van der Waals surface area contributed by atoms with E-state index in [-0.39, 0.29) is 12.2 Å². The number of benzene rings is 1. The highest BCUT2D eigenvalue weighted by molar-refractivity contribution is 5.70. The molecule has 2 heterocycles. The Hall–Kier alpha value is -2.69. The summed E-state index contributed by atoms with van der Waals surface area (Å²) in [7, 11) is 0. The van der Waals surface area contributed by atoms with Crippen LogP contribution < -0.4 is 0 Å². The van der Waals surface area contributed by atoms with Crippen LogP contribution in [0, 0.1) is 19.7 Å². The fraction of sp³-hybridized carbons (Fsp3) is 0.222. The number of imidazole rings is 1. The summed E-state index contributed by atoms with van der Waals surface area (Å²) in [6, 6.07) is 8.71. The van der Waals surface area contributed by atoms with Crippen LogP contribution in [-0.2, 0) is 11.2 Å². The van der Waals surface area contributed by atoms with Gasteiger partial charge in [0.1, 0.15) is 11.5 Å². The molecule has 0 spiro atoms. The van der Waals surface area contributed by atoms with E-state index >= 15 is 0 Å². The summed E-state index contributed by atoms with van der Waals surface area (Å²) >= 11 is 0. The molecule has 0 bridgehead atoms. The first-order valence-corrected chi connectivity index (χ1v) is 7.41. The molecule has 3 rings (SSSR count). The maximum atomic E-state index is 13.5. The molecule has 0 atom stereocenters. The van der Waals surface area contributed by atoms with E-state index < -0.39 is 5.97 Å². The number of aryl methyl sites for hydroxylation is 3. The van der Waals surface area contributed by atoms with E-state index in [2.05, 4.69) is 4.98 Å². The summed E-state index contributed by atoms with van der Waals surface area (Å²) in [6.07, 6.45) is 2.33. The Bertz CT molecular complexity index is 899. The van der Waals surface area contributed by atoms with Gasteiger partial charge in [0.05, 0.1) is 17.8 Å². The van der Waals surface area contributed by atoms with Crippen LogP contribution >= 0.6 is 0 Å². The van der Waals surface area contributed by atoms with E-state index in [0.717, 1.165) is 22.5 Å². The van der Waals surface area contributed by atoms with Crippen LogP contribution in [0.5, 0.6) is 0 Å². The van der Waals surface area contributed by atoms with Crippen LogP contribution in [0.4, 0.5) is 4.39 Å². The maximum Gasteiger partial charge on any atom is 0.303 e. The van der Waals surface area contributed by atoms with Crippen molar-refractivity contribution >= 4 is 11.6 Å². The number of pyridine rings is 1. The van der Waals surface area contributed by atoms with Gasteiger partial charge in [-0.25, -0.2) is 9.37 Å². The summed E-state index contributed by atoms with van der Waals surface area (Å²) in [6.45, 7) is 3.68.